The summed E-state index contributed by atoms with van der Waals surface area (Å²) in [6, 6.07) is 8.33. The molecule has 6 heteroatoms. The highest BCUT2D eigenvalue weighted by atomic mass is 35.5. The van der Waals surface area contributed by atoms with E-state index in [1.165, 1.54) is 12.1 Å². The van der Waals surface area contributed by atoms with Gasteiger partial charge in [-0.05, 0) is 23.8 Å². The predicted octanol–water partition coefficient (Wildman–Crippen LogP) is 3.26. The van der Waals surface area contributed by atoms with Crippen LogP contribution in [0.25, 0.3) is 0 Å². The minimum absolute atomic E-state index is 0.0939. The lowest BCUT2D eigenvalue weighted by molar-refractivity contribution is -0.384. The Morgan fingerprint density at radius 3 is 2.83 bits per heavy atom. The molecule has 1 N–H and O–H groups in total. The van der Waals surface area contributed by atoms with Crippen LogP contribution in [-0.4, -0.2) is 9.91 Å². The van der Waals surface area contributed by atoms with Gasteiger partial charge in [-0.3, -0.25) is 15.1 Å². The van der Waals surface area contributed by atoms with E-state index >= 15 is 0 Å². The Morgan fingerprint density at radius 1 is 1.39 bits per heavy atom. The number of nitro groups is 1. The van der Waals surface area contributed by atoms with Gasteiger partial charge in [0.25, 0.3) is 5.69 Å². The van der Waals surface area contributed by atoms with Crippen molar-refractivity contribution in [2.75, 3.05) is 5.32 Å². The number of anilines is 1. The van der Waals surface area contributed by atoms with Crippen molar-refractivity contribution >= 4 is 23.0 Å². The Kier molecular flexibility index (Phi) is 3.74. The lowest BCUT2D eigenvalue weighted by Gasteiger charge is -2.06. The van der Waals surface area contributed by atoms with E-state index in [1.807, 2.05) is 12.1 Å². The summed E-state index contributed by atoms with van der Waals surface area (Å²) < 4.78 is 0. The molecule has 2 aromatic rings. The van der Waals surface area contributed by atoms with Crippen LogP contribution in [0, 0.1) is 10.1 Å². The van der Waals surface area contributed by atoms with E-state index in [-0.39, 0.29) is 10.7 Å². The standard InChI is InChI=1S/C12H10ClN3O2/c13-11-6-10(3-4-12(11)16(17)18)15-8-9-2-1-5-14-7-9/h1-7,15H,8H2. The number of aromatic nitrogens is 1. The third kappa shape index (κ3) is 2.95. The van der Waals surface area contributed by atoms with Gasteiger partial charge in [0, 0.05) is 30.7 Å². The summed E-state index contributed by atoms with van der Waals surface area (Å²) >= 11 is 5.81. The summed E-state index contributed by atoms with van der Waals surface area (Å²) in [6.07, 6.45) is 3.45. The van der Waals surface area contributed by atoms with Crippen LogP contribution < -0.4 is 5.32 Å². The fourth-order valence-corrected chi connectivity index (χ4v) is 1.72. The van der Waals surface area contributed by atoms with Crippen molar-refractivity contribution in [3.63, 3.8) is 0 Å². The van der Waals surface area contributed by atoms with E-state index in [0.29, 0.717) is 6.54 Å². The average molecular weight is 264 g/mol. The fourth-order valence-electron chi connectivity index (χ4n) is 1.47. The highest BCUT2D eigenvalue weighted by Crippen LogP contribution is 2.27. The molecule has 0 fully saturated rings. The Balaban J connectivity index is 2.07. The van der Waals surface area contributed by atoms with E-state index in [1.54, 1.807) is 18.5 Å². The van der Waals surface area contributed by atoms with Gasteiger partial charge in [0.2, 0.25) is 0 Å². The SMILES string of the molecule is O=[N+]([O-])c1ccc(NCc2cccnc2)cc1Cl. The molecule has 92 valence electrons. The van der Waals surface area contributed by atoms with Gasteiger partial charge in [0.15, 0.2) is 0 Å². The van der Waals surface area contributed by atoms with E-state index in [2.05, 4.69) is 10.3 Å². The van der Waals surface area contributed by atoms with E-state index < -0.39 is 4.92 Å². The zero-order valence-corrected chi connectivity index (χ0v) is 10.1. The largest absolute Gasteiger partial charge is 0.381 e. The molecular weight excluding hydrogens is 254 g/mol. The van der Waals surface area contributed by atoms with Crippen molar-refractivity contribution in [3.05, 3.63) is 63.4 Å². The first-order valence-electron chi connectivity index (χ1n) is 5.23. The minimum atomic E-state index is -0.507. The summed E-state index contributed by atoms with van der Waals surface area (Å²) in [6.45, 7) is 0.585. The maximum Gasteiger partial charge on any atom is 0.288 e. The molecule has 0 atom stereocenters. The molecule has 0 spiro atoms. The lowest BCUT2D eigenvalue weighted by Crippen LogP contribution is -2.00. The zero-order chi connectivity index (χ0) is 13.0. The smallest absolute Gasteiger partial charge is 0.288 e. The summed E-state index contributed by atoms with van der Waals surface area (Å²) in [5, 5.41) is 13.8. The molecule has 0 amide bonds. The summed E-state index contributed by atoms with van der Waals surface area (Å²) in [5.74, 6) is 0. The van der Waals surface area contributed by atoms with Crippen molar-refractivity contribution in [1.29, 1.82) is 0 Å². The number of benzene rings is 1. The van der Waals surface area contributed by atoms with Gasteiger partial charge in [-0.2, -0.15) is 0 Å². The summed E-state index contributed by atoms with van der Waals surface area (Å²) in [4.78, 5) is 14.1. The molecule has 0 bridgehead atoms. The lowest BCUT2D eigenvalue weighted by atomic mass is 10.2. The first-order chi connectivity index (χ1) is 8.66. The molecule has 2 rings (SSSR count). The van der Waals surface area contributed by atoms with Crippen molar-refractivity contribution in [1.82, 2.24) is 4.98 Å². The van der Waals surface area contributed by atoms with Gasteiger partial charge in [-0.25, -0.2) is 0 Å². The van der Waals surface area contributed by atoms with Crippen LogP contribution in [0.5, 0.6) is 0 Å². The number of rotatable bonds is 4. The minimum Gasteiger partial charge on any atom is -0.381 e. The van der Waals surface area contributed by atoms with Crippen LogP contribution in [0.2, 0.25) is 5.02 Å². The first kappa shape index (κ1) is 12.3. The second-order valence-corrected chi connectivity index (χ2v) is 4.05. The molecule has 1 heterocycles. The third-order valence-electron chi connectivity index (χ3n) is 2.36. The number of nitrogens with zero attached hydrogens (tertiary/aromatic N) is 2. The second kappa shape index (κ2) is 5.46. The van der Waals surface area contributed by atoms with Gasteiger partial charge in [-0.1, -0.05) is 17.7 Å². The van der Waals surface area contributed by atoms with Crippen LogP contribution in [0.15, 0.2) is 42.7 Å². The van der Waals surface area contributed by atoms with Crippen LogP contribution >= 0.6 is 11.6 Å². The van der Waals surface area contributed by atoms with Gasteiger partial charge in [0.1, 0.15) is 5.02 Å². The van der Waals surface area contributed by atoms with Crippen molar-refractivity contribution in [2.45, 2.75) is 6.54 Å². The number of nitrogens with one attached hydrogen (secondary N) is 1. The van der Waals surface area contributed by atoms with Crippen molar-refractivity contribution in [2.24, 2.45) is 0 Å². The maximum absolute atomic E-state index is 10.6. The maximum atomic E-state index is 10.6. The molecule has 0 saturated carbocycles. The average Bonchev–Trinajstić information content (AvgIpc) is 2.37. The molecule has 1 aromatic heterocycles. The molecule has 1 aromatic carbocycles. The number of pyridine rings is 1. The fraction of sp³-hybridized carbons (Fsp3) is 0.0833. The van der Waals surface area contributed by atoms with Crippen molar-refractivity contribution in [3.8, 4) is 0 Å². The Bertz CT molecular complexity index is 561. The van der Waals surface area contributed by atoms with Crippen LogP contribution in [-0.2, 0) is 6.54 Å². The summed E-state index contributed by atoms with van der Waals surface area (Å²) in [7, 11) is 0. The normalized spacial score (nSPS) is 10.1. The Hall–Kier alpha value is -2.14. The van der Waals surface area contributed by atoms with Gasteiger partial charge >= 0.3 is 0 Å². The molecule has 0 aliphatic heterocycles. The quantitative estimate of drug-likeness (QED) is 0.679. The predicted molar refractivity (Wildman–Crippen MR) is 69.7 cm³/mol. The topological polar surface area (TPSA) is 68.1 Å². The van der Waals surface area contributed by atoms with Crippen LogP contribution in [0.3, 0.4) is 0 Å². The highest BCUT2D eigenvalue weighted by molar-refractivity contribution is 6.32. The Morgan fingerprint density at radius 2 is 2.22 bits per heavy atom. The van der Waals surface area contributed by atoms with Crippen LogP contribution in [0.1, 0.15) is 5.56 Å². The molecule has 18 heavy (non-hydrogen) atoms. The van der Waals surface area contributed by atoms with Gasteiger partial charge in [0.05, 0.1) is 4.92 Å². The zero-order valence-electron chi connectivity index (χ0n) is 9.34. The molecule has 0 saturated heterocycles. The van der Waals surface area contributed by atoms with Crippen molar-refractivity contribution < 1.29 is 4.92 Å². The number of nitro benzene ring substituents is 1. The molecular formula is C12H10ClN3O2. The molecule has 0 aliphatic rings. The monoisotopic (exact) mass is 263 g/mol. The van der Waals surface area contributed by atoms with E-state index in [9.17, 15) is 10.1 Å². The highest BCUT2D eigenvalue weighted by Gasteiger charge is 2.11. The van der Waals surface area contributed by atoms with E-state index in [4.69, 9.17) is 11.6 Å². The Labute approximate surface area is 109 Å². The van der Waals surface area contributed by atoms with E-state index in [0.717, 1.165) is 11.3 Å². The number of hydrogen-bond donors (Lipinski definition) is 1. The summed E-state index contributed by atoms with van der Waals surface area (Å²) in [5.41, 5.74) is 1.66. The number of hydrogen-bond acceptors (Lipinski definition) is 4. The molecule has 0 aliphatic carbocycles. The molecule has 0 unspecified atom stereocenters. The van der Waals surface area contributed by atoms with Gasteiger partial charge < -0.3 is 5.32 Å². The molecule has 0 radical (unpaired) electrons. The number of halogens is 1. The second-order valence-electron chi connectivity index (χ2n) is 3.64. The third-order valence-corrected chi connectivity index (χ3v) is 2.67. The van der Waals surface area contributed by atoms with Crippen LogP contribution in [0.4, 0.5) is 11.4 Å². The van der Waals surface area contributed by atoms with Gasteiger partial charge in [-0.15, -0.1) is 0 Å². The first-order valence-corrected chi connectivity index (χ1v) is 5.61. The molecule has 5 nitrogen and oxygen atoms in total.